The molecule has 2 N–H and O–H groups in total. The summed E-state index contributed by atoms with van der Waals surface area (Å²) in [4.78, 5) is 25.5. The number of nitrogens with two attached hydrogens (primary N) is 1. The highest BCUT2D eigenvalue weighted by atomic mass is 16.5. The van der Waals surface area contributed by atoms with Crippen LogP contribution in [0.15, 0.2) is 24.3 Å². The molecule has 0 saturated carbocycles. The van der Waals surface area contributed by atoms with E-state index in [1.807, 2.05) is 0 Å². The Morgan fingerprint density at radius 3 is 2.18 bits per heavy atom. The lowest BCUT2D eigenvalue weighted by atomic mass is 10.1. The van der Waals surface area contributed by atoms with Crippen LogP contribution in [0.2, 0.25) is 0 Å². The van der Waals surface area contributed by atoms with E-state index in [2.05, 4.69) is 0 Å². The first-order valence-corrected chi connectivity index (χ1v) is 5.50. The molecule has 0 unspecified atom stereocenters. The van der Waals surface area contributed by atoms with Gasteiger partial charge in [0.05, 0.1) is 36.4 Å². The van der Waals surface area contributed by atoms with Crippen LogP contribution in [0.25, 0.3) is 0 Å². The Morgan fingerprint density at radius 1 is 1.12 bits per heavy atom. The van der Waals surface area contributed by atoms with Crippen molar-refractivity contribution < 1.29 is 14.3 Å². The van der Waals surface area contributed by atoms with Crippen molar-refractivity contribution in [3.8, 4) is 0 Å². The van der Waals surface area contributed by atoms with E-state index in [9.17, 15) is 9.59 Å². The molecule has 5 heteroatoms. The third kappa shape index (κ3) is 1.40. The van der Waals surface area contributed by atoms with E-state index in [0.717, 1.165) is 0 Å². The second-order valence-electron chi connectivity index (χ2n) is 4.29. The van der Waals surface area contributed by atoms with Gasteiger partial charge in [0.15, 0.2) is 0 Å². The van der Waals surface area contributed by atoms with Gasteiger partial charge >= 0.3 is 0 Å². The molecular formula is C12H12N2O3. The fourth-order valence-corrected chi connectivity index (χ4v) is 2.33. The first-order chi connectivity index (χ1) is 8.20. The van der Waals surface area contributed by atoms with E-state index < -0.39 is 0 Å². The molecule has 0 aliphatic carbocycles. The number of hydrogen-bond acceptors (Lipinski definition) is 4. The van der Waals surface area contributed by atoms with Crippen molar-refractivity contribution in [2.45, 2.75) is 12.1 Å². The fraction of sp³-hybridized carbons (Fsp3) is 0.333. The molecule has 1 saturated heterocycles. The largest absolute Gasteiger partial charge is 0.378 e. The molecule has 2 atom stereocenters. The Morgan fingerprint density at radius 2 is 1.71 bits per heavy atom. The van der Waals surface area contributed by atoms with E-state index >= 15 is 0 Å². The van der Waals surface area contributed by atoms with Gasteiger partial charge in [0.2, 0.25) is 0 Å². The highest BCUT2D eigenvalue weighted by molar-refractivity contribution is 6.21. The zero-order chi connectivity index (χ0) is 12.0. The monoisotopic (exact) mass is 232 g/mol. The van der Waals surface area contributed by atoms with E-state index in [4.69, 9.17) is 10.5 Å². The number of amides is 2. The summed E-state index contributed by atoms with van der Waals surface area (Å²) >= 11 is 0. The summed E-state index contributed by atoms with van der Waals surface area (Å²) in [5.41, 5.74) is 6.76. The number of nitrogens with zero attached hydrogens (tertiary/aromatic N) is 1. The van der Waals surface area contributed by atoms with Crippen molar-refractivity contribution in [2.24, 2.45) is 5.73 Å². The molecular weight excluding hydrogens is 220 g/mol. The highest BCUT2D eigenvalue weighted by Gasteiger charge is 2.43. The van der Waals surface area contributed by atoms with Crippen LogP contribution in [0, 0.1) is 0 Å². The predicted octanol–water partition coefficient (Wildman–Crippen LogP) is 0.00870. The van der Waals surface area contributed by atoms with Crippen molar-refractivity contribution >= 4 is 11.8 Å². The van der Waals surface area contributed by atoms with Crippen molar-refractivity contribution in [1.29, 1.82) is 0 Å². The summed E-state index contributed by atoms with van der Waals surface area (Å²) in [6.07, 6.45) is 0. The first kappa shape index (κ1) is 10.4. The lowest BCUT2D eigenvalue weighted by Crippen LogP contribution is -2.49. The smallest absolute Gasteiger partial charge is 0.261 e. The van der Waals surface area contributed by atoms with Gasteiger partial charge in [0.25, 0.3) is 11.8 Å². The van der Waals surface area contributed by atoms with E-state index in [1.54, 1.807) is 24.3 Å². The van der Waals surface area contributed by atoms with E-state index in [1.165, 1.54) is 4.90 Å². The Bertz CT molecular complexity index is 465. The van der Waals surface area contributed by atoms with Crippen LogP contribution < -0.4 is 5.73 Å². The molecule has 3 rings (SSSR count). The fourth-order valence-electron chi connectivity index (χ4n) is 2.33. The molecule has 2 aliphatic heterocycles. The average molecular weight is 232 g/mol. The average Bonchev–Trinajstić information content (AvgIpc) is 2.84. The molecule has 1 aromatic rings. The molecule has 2 heterocycles. The summed E-state index contributed by atoms with van der Waals surface area (Å²) in [5, 5.41) is 0. The van der Waals surface area contributed by atoms with E-state index in [0.29, 0.717) is 24.3 Å². The van der Waals surface area contributed by atoms with Gasteiger partial charge < -0.3 is 10.5 Å². The number of benzene rings is 1. The summed E-state index contributed by atoms with van der Waals surface area (Å²) in [5.74, 6) is -0.534. The number of carbonyl (C=O) groups is 2. The van der Waals surface area contributed by atoms with Crippen LogP contribution >= 0.6 is 0 Å². The summed E-state index contributed by atoms with van der Waals surface area (Å²) in [7, 11) is 0. The molecule has 2 amide bonds. The minimum Gasteiger partial charge on any atom is -0.378 e. The number of rotatable bonds is 1. The van der Waals surface area contributed by atoms with Crippen molar-refractivity contribution in [1.82, 2.24) is 4.90 Å². The topological polar surface area (TPSA) is 72.6 Å². The maximum Gasteiger partial charge on any atom is 0.261 e. The van der Waals surface area contributed by atoms with Gasteiger partial charge in [-0.3, -0.25) is 14.5 Å². The van der Waals surface area contributed by atoms with Crippen LogP contribution in [0.4, 0.5) is 0 Å². The van der Waals surface area contributed by atoms with Crippen LogP contribution in [-0.2, 0) is 4.74 Å². The molecule has 2 aliphatic rings. The lowest BCUT2D eigenvalue weighted by Gasteiger charge is -2.23. The second-order valence-corrected chi connectivity index (χ2v) is 4.29. The van der Waals surface area contributed by atoms with Crippen LogP contribution in [-0.4, -0.2) is 42.0 Å². The molecule has 0 aromatic heterocycles. The number of ether oxygens (including phenoxy) is 1. The third-order valence-electron chi connectivity index (χ3n) is 3.25. The Kier molecular flexibility index (Phi) is 2.24. The number of imide groups is 1. The highest BCUT2D eigenvalue weighted by Crippen LogP contribution is 2.26. The maximum absolute atomic E-state index is 12.1. The van der Waals surface area contributed by atoms with Gasteiger partial charge in [-0.05, 0) is 12.1 Å². The van der Waals surface area contributed by atoms with Crippen molar-refractivity contribution in [2.75, 3.05) is 13.2 Å². The van der Waals surface area contributed by atoms with Gasteiger partial charge in [0, 0.05) is 0 Å². The molecule has 5 nitrogen and oxygen atoms in total. The van der Waals surface area contributed by atoms with Gasteiger partial charge in [-0.15, -0.1) is 0 Å². The molecule has 0 radical (unpaired) electrons. The Balaban J connectivity index is 2.00. The molecule has 0 spiro atoms. The molecule has 88 valence electrons. The van der Waals surface area contributed by atoms with Gasteiger partial charge in [0.1, 0.15) is 0 Å². The van der Waals surface area contributed by atoms with Crippen LogP contribution in [0.3, 0.4) is 0 Å². The van der Waals surface area contributed by atoms with Crippen molar-refractivity contribution in [3.63, 3.8) is 0 Å². The minimum atomic E-state index is -0.345. The normalized spacial score (nSPS) is 27.7. The van der Waals surface area contributed by atoms with Gasteiger partial charge in [-0.25, -0.2) is 0 Å². The van der Waals surface area contributed by atoms with Crippen LogP contribution in [0.5, 0.6) is 0 Å². The second kappa shape index (κ2) is 3.65. The molecule has 1 aromatic carbocycles. The summed E-state index contributed by atoms with van der Waals surface area (Å²) in [6, 6.07) is 6.19. The Labute approximate surface area is 98.1 Å². The quantitative estimate of drug-likeness (QED) is 0.692. The van der Waals surface area contributed by atoms with Crippen LogP contribution in [0.1, 0.15) is 20.7 Å². The number of carbonyl (C=O) groups excluding carboxylic acids is 2. The SMILES string of the molecule is N[C@@H]1COC[C@@H]1N1C(=O)c2ccccc2C1=O. The van der Waals surface area contributed by atoms with Gasteiger partial charge in [-0.2, -0.15) is 0 Å². The number of fused-ring (bicyclic) bond motifs is 1. The molecule has 0 bridgehead atoms. The summed E-state index contributed by atoms with van der Waals surface area (Å²) < 4.78 is 5.21. The Hall–Kier alpha value is -1.72. The minimum absolute atomic E-state index is 0.267. The molecule has 1 fully saturated rings. The third-order valence-corrected chi connectivity index (χ3v) is 3.25. The molecule has 17 heavy (non-hydrogen) atoms. The maximum atomic E-state index is 12.1. The van der Waals surface area contributed by atoms with E-state index in [-0.39, 0.29) is 23.9 Å². The predicted molar refractivity (Wildman–Crippen MR) is 59.5 cm³/mol. The zero-order valence-corrected chi connectivity index (χ0v) is 9.13. The standard InChI is InChI=1S/C12H12N2O3/c13-9-5-17-6-10(9)14-11(15)7-3-1-2-4-8(7)12(14)16/h1-4,9-10H,5-6,13H2/t9-,10+/m1/s1. The zero-order valence-electron chi connectivity index (χ0n) is 9.13. The van der Waals surface area contributed by atoms with Gasteiger partial charge in [-0.1, -0.05) is 12.1 Å². The van der Waals surface area contributed by atoms with Crippen molar-refractivity contribution in [3.05, 3.63) is 35.4 Å². The lowest BCUT2D eigenvalue weighted by molar-refractivity contribution is 0.0558. The number of hydrogen-bond donors (Lipinski definition) is 1. The summed E-state index contributed by atoms with van der Waals surface area (Å²) in [6.45, 7) is 0.713. The first-order valence-electron chi connectivity index (χ1n) is 5.50.